The molecule has 4 heteroatoms. The molecule has 1 N–H and O–H groups in total. The molecule has 0 radical (unpaired) electrons. The first-order chi connectivity index (χ1) is 4.81. The highest BCUT2D eigenvalue weighted by Crippen LogP contribution is 1.93. The third-order valence-electron chi connectivity index (χ3n) is 0.999. The maximum Gasteiger partial charge on any atom is 0.292 e. The van der Waals surface area contributed by atoms with Crippen LogP contribution < -0.4 is 5.32 Å². The molecule has 0 aromatic rings. The van der Waals surface area contributed by atoms with Crippen molar-refractivity contribution in [2.75, 3.05) is 13.7 Å². The molecule has 1 amide bonds. The topological polar surface area (TPSA) is 55.4 Å². The van der Waals surface area contributed by atoms with Gasteiger partial charge in [-0.2, -0.15) is 0 Å². The number of carbonyl (C=O) groups is 2. The summed E-state index contributed by atoms with van der Waals surface area (Å²) >= 11 is 0. The number of nitrogens with one attached hydrogen (secondary N) is 1. The van der Waals surface area contributed by atoms with E-state index in [2.05, 4.69) is 10.1 Å². The molecule has 1 aliphatic heterocycles. The zero-order chi connectivity index (χ0) is 7.82. The second kappa shape index (κ2) is 6.07. The molecule has 0 aromatic heterocycles. The number of amides is 1. The first-order valence-corrected chi connectivity index (χ1v) is 3.04. The standard InChI is InChI=1S/C4H7NO.C2H4O2/c6-4-2-1-3-5-4;1-4-2-3/h1-3H2,(H,5,6);2H,1H3. The lowest BCUT2D eigenvalue weighted by Gasteiger charge is -1.80. The van der Waals surface area contributed by atoms with Crippen molar-refractivity contribution in [3.05, 3.63) is 0 Å². The molecule has 1 rings (SSSR count). The van der Waals surface area contributed by atoms with E-state index in [1.165, 1.54) is 7.11 Å². The summed E-state index contributed by atoms with van der Waals surface area (Å²) in [7, 11) is 1.31. The van der Waals surface area contributed by atoms with Gasteiger partial charge in [0, 0.05) is 13.0 Å². The molecule has 10 heavy (non-hydrogen) atoms. The Hall–Kier alpha value is -1.06. The van der Waals surface area contributed by atoms with Gasteiger partial charge < -0.3 is 10.1 Å². The van der Waals surface area contributed by atoms with Crippen molar-refractivity contribution >= 4 is 12.4 Å². The summed E-state index contributed by atoms with van der Waals surface area (Å²) in [6.07, 6.45) is 1.76. The summed E-state index contributed by atoms with van der Waals surface area (Å²) in [6.45, 7) is 1.26. The van der Waals surface area contributed by atoms with Gasteiger partial charge in [0.2, 0.25) is 5.91 Å². The Morgan fingerprint density at radius 1 is 1.70 bits per heavy atom. The number of ether oxygens (including phenoxy) is 1. The van der Waals surface area contributed by atoms with E-state index in [0.29, 0.717) is 6.47 Å². The van der Waals surface area contributed by atoms with E-state index in [0.717, 1.165) is 19.4 Å². The number of hydrogen-bond acceptors (Lipinski definition) is 3. The molecule has 0 aromatic carbocycles. The molecule has 0 bridgehead atoms. The Labute approximate surface area is 59.6 Å². The molecule has 1 aliphatic rings. The predicted octanol–water partition coefficient (Wildman–Crippen LogP) is -0.314. The highest BCUT2D eigenvalue weighted by atomic mass is 16.5. The van der Waals surface area contributed by atoms with Gasteiger partial charge >= 0.3 is 0 Å². The van der Waals surface area contributed by atoms with Gasteiger partial charge in [0.15, 0.2) is 0 Å². The van der Waals surface area contributed by atoms with Crippen LogP contribution in [-0.4, -0.2) is 26.0 Å². The lowest BCUT2D eigenvalue weighted by atomic mass is 10.4. The Kier molecular flexibility index (Phi) is 5.42. The summed E-state index contributed by atoms with van der Waals surface area (Å²) in [6, 6.07) is 0. The van der Waals surface area contributed by atoms with Gasteiger partial charge in [0.1, 0.15) is 0 Å². The molecule has 1 fully saturated rings. The van der Waals surface area contributed by atoms with E-state index in [1.54, 1.807) is 0 Å². The lowest BCUT2D eigenvalue weighted by Crippen LogP contribution is -2.12. The fraction of sp³-hybridized carbons (Fsp3) is 0.667. The Bertz CT molecular complexity index is 106. The number of carbonyl (C=O) groups excluding carboxylic acids is 2. The first kappa shape index (κ1) is 8.94. The molecule has 4 nitrogen and oxygen atoms in total. The molecule has 0 spiro atoms. The largest absolute Gasteiger partial charge is 0.471 e. The third-order valence-corrected chi connectivity index (χ3v) is 0.999. The van der Waals surface area contributed by atoms with Crippen molar-refractivity contribution in [2.45, 2.75) is 12.8 Å². The molecule has 0 aliphatic carbocycles. The highest BCUT2D eigenvalue weighted by Gasteiger charge is 2.05. The quantitative estimate of drug-likeness (QED) is 0.515. The number of methoxy groups -OCH3 is 1. The molecular weight excluding hydrogens is 134 g/mol. The van der Waals surface area contributed by atoms with Crippen LogP contribution in [0.3, 0.4) is 0 Å². The minimum absolute atomic E-state index is 0.204. The Morgan fingerprint density at radius 2 is 2.30 bits per heavy atom. The van der Waals surface area contributed by atoms with Crippen LogP contribution in [0.5, 0.6) is 0 Å². The Morgan fingerprint density at radius 3 is 2.40 bits per heavy atom. The highest BCUT2D eigenvalue weighted by molar-refractivity contribution is 5.77. The summed E-state index contributed by atoms with van der Waals surface area (Å²) in [4.78, 5) is 19.1. The zero-order valence-electron chi connectivity index (χ0n) is 5.92. The van der Waals surface area contributed by atoms with Crippen molar-refractivity contribution in [2.24, 2.45) is 0 Å². The molecule has 58 valence electrons. The fourth-order valence-electron chi connectivity index (χ4n) is 0.565. The smallest absolute Gasteiger partial charge is 0.292 e. The van der Waals surface area contributed by atoms with Crippen molar-refractivity contribution < 1.29 is 14.3 Å². The first-order valence-electron chi connectivity index (χ1n) is 3.04. The maximum atomic E-state index is 10.1. The predicted molar refractivity (Wildman–Crippen MR) is 35.3 cm³/mol. The van der Waals surface area contributed by atoms with E-state index in [-0.39, 0.29) is 5.91 Å². The number of hydrogen-bond donors (Lipinski definition) is 1. The van der Waals surface area contributed by atoms with Crippen LogP contribution in [0.25, 0.3) is 0 Å². The van der Waals surface area contributed by atoms with Crippen LogP contribution in [0, 0.1) is 0 Å². The van der Waals surface area contributed by atoms with Gasteiger partial charge in [-0.25, -0.2) is 0 Å². The van der Waals surface area contributed by atoms with Gasteiger partial charge in [-0.1, -0.05) is 0 Å². The van der Waals surface area contributed by atoms with Gasteiger partial charge in [-0.15, -0.1) is 0 Å². The average molecular weight is 145 g/mol. The Balaban J connectivity index is 0.000000180. The minimum Gasteiger partial charge on any atom is -0.471 e. The third kappa shape index (κ3) is 5.08. The van der Waals surface area contributed by atoms with Crippen molar-refractivity contribution in [1.29, 1.82) is 0 Å². The van der Waals surface area contributed by atoms with Crippen molar-refractivity contribution in [3.8, 4) is 0 Å². The van der Waals surface area contributed by atoms with Gasteiger partial charge in [-0.3, -0.25) is 9.59 Å². The van der Waals surface area contributed by atoms with E-state index < -0.39 is 0 Å². The van der Waals surface area contributed by atoms with E-state index in [1.807, 2.05) is 0 Å². The van der Waals surface area contributed by atoms with Crippen LogP contribution in [-0.2, 0) is 14.3 Å². The van der Waals surface area contributed by atoms with Crippen molar-refractivity contribution in [1.82, 2.24) is 5.32 Å². The summed E-state index contributed by atoms with van der Waals surface area (Å²) < 4.78 is 3.86. The van der Waals surface area contributed by atoms with Crippen LogP contribution in [0.1, 0.15) is 12.8 Å². The van der Waals surface area contributed by atoms with E-state index in [9.17, 15) is 4.79 Å². The summed E-state index contributed by atoms with van der Waals surface area (Å²) in [5, 5.41) is 2.68. The minimum atomic E-state index is 0.204. The average Bonchev–Trinajstić information content (AvgIpc) is 2.40. The zero-order valence-corrected chi connectivity index (χ0v) is 5.92. The van der Waals surface area contributed by atoms with Crippen LogP contribution in [0.15, 0.2) is 0 Å². The summed E-state index contributed by atoms with van der Waals surface area (Å²) in [5.41, 5.74) is 0. The van der Waals surface area contributed by atoms with Crippen LogP contribution >= 0.6 is 0 Å². The molecule has 0 unspecified atom stereocenters. The van der Waals surface area contributed by atoms with Crippen LogP contribution in [0.2, 0.25) is 0 Å². The summed E-state index contributed by atoms with van der Waals surface area (Å²) in [5.74, 6) is 0.204. The number of rotatable bonds is 1. The molecule has 1 saturated heterocycles. The molecule has 0 atom stereocenters. The lowest BCUT2D eigenvalue weighted by molar-refractivity contribution is -0.126. The van der Waals surface area contributed by atoms with Crippen LogP contribution in [0.4, 0.5) is 0 Å². The maximum absolute atomic E-state index is 10.1. The van der Waals surface area contributed by atoms with Crippen molar-refractivity contribution in [3.63, 3.8) is 0 Å². The fourth-order valence-corrected chi connectivity index (χ4v) is 0.565. The second-order valence-electron chi connectivity index (χ2n) is 1.79. The molecule has 0 saturated carbocycles. The van der Waals surface area contributed by atoms with Gasteiger partial charge in [0.25, 0.3) is 6.47 Å². The SMILES string of the molecule is COC=O.O=C1CCCN1. The normalized spacial score (nSPS) is 14.7. The second-order valence-corrected chi connectivity index (χ2v) is 1.79. The molecule has 1 heterocycles. The van der Waals surface area contributed by atoms with E-state index >= 15 is 0 Å². The van der Waals surface area contributed by atoms with E-state index in [4.69, 9.17) is 4.79 Å². The molecular formula is C6H11NO3. The van der Waals surface area contributed by atoms with Gasteiger partial charge in [0.05, 0.1) is 7.11 Å². The van der Waals surface area contributed by atoms with Gasteiger partial charge in [-0.05, 0) is 6.42 Å². The monoisotopic (exact) mass is 145 g/mol.